The Morgan fingerprint density at radius 1 is 0.981 bits per heavy atom. The van der Waals surface area contributed by atoms with Gasteiger partial charge in [-0.15, -0.1) is 0 Å². The van der Waals surface area contributed by atoms with Crippen molar-refractivity contribution in [2.75, 3.05) is 20.7 Å². The highest BCUT2D eigenvalue weighted by molar-refractivity contribution is 6.00. The van der Waals surface area contributed by atoms with Crippen LogP contribution in [0.1, 0.15) is 80.2 Å². The first-order valence-electron chi connectivity index (χ1n) is 18.5. The van der Waals surface area contributed by atoms with Crippen molar-refractivity contribution >= 4 is 23.6 Å². The lowest BCUT2D eigenvalue weighted by molar-refractivity contribution is -0.296. The molecule has 0 aromatic heterocycles. The third-order valence-electron chi connectivity index (χ3n) is 11.2. The van der Waals surface area contributed by atoms with Crippen molar-refractivity contribution in [3.8, 4) is 11.8 Å². The average molecular weight is 727 g/mol. The molecule has 3 aliphatic rings. The van der Waals surface area contributed by atoms with Crippen molar-refractivity contribution in [3.63, 3.8) is 0 Å². The molecule has 0 bridgehead atoms. The first-order valence-corrected chi connectivity index (χ1v) is 18.5. The highest BCUT2D eigenvalue weighted by atomic mass is 16.7. The van der Waals surface area contributed by atoms with Gasteiger partial charge in [-0.25, -0.2) is 4.79 Å². The molecular weight excluding hydrogens is 668 g/mol. The number of aliphatic hydroxyl groups is 1. The summed E-state index contributed by atoms with van der Waals surface area (Å²) in [5.41, 5.74) is -1.69. The van der Waals surface area contributed by atoms with E-state index in [1.807, 2.05) is 56.3 Å². The zero-order valence-electron chi connectivity index (χ0n) is 32.3. The number of alkyl carbamates (subject to hydrolysis) is 1. The van der Waals surface area contributed by atoms with Crippen LogP contribution >= 0.6 is 0 Å². The molecule has 12 nitrogen and oxygen atoms in total. The van der Waals surface area contributed by atoms with Crippen molar-refractivity contribution in [1.29, 1.82) is 0 Å². The fourth-order valence-electron chi connectivity index (χ4n) is 8.14. The minimum absolute atomic E-state index is 0.0499. The number of aliphatic hydroxyl groups excluding tert-OH is 1. The number of nitrogens with zero attached hydrogens (tertiary/aromatic N) is 1. The lowest BCUT2D eigenvalue weighted by Gasteiger charge is -2.47. The van der Waals surface area contributed by atoms with Gasteiger partial charge in [-0.05, 0) is 66.6 Å². The number of rotatable bonds is 7. The lowest BCUT2D eigenvalue weighted by atomic mass is 9.73. The molecule has 12 heteroatoms. The third kappa shape index (κ3) is 9.05. The summed E-state index contributed by atoms with van der Waals surface area (Å²) in [7, 11) is 3.73. The average Bonchev–Trinajstić information content (AvgIpc) is 3.42. The summed E-state index contributed by atoms with van der Waals surface area (Å²) in [6.45, 7) is 13.7. The number of carbonyl (C=O) groups is 4. The van der Waals surface area contributed by atoms with Crippen LogP contribution in [0.5, 0.6) is 0 Å². The highest BCUT2D eigenvalue weighted by Crippen LogP contribution is 2.40. The molecule has 3 saturated heterocycles. The Labute approximate surface area is 308 Å². The van der Waals surface area contributed by atoms with Crippen molar-refractivity contribution in [2.45, 2.75) is 135 Å². The molecule has 0 spiro atoms. The number of benzene rings is 1. The van der Waals surface area contributed by atoms with Crippen molar-refractivity contribution in [3.05, 3.63) is 35.9 Å². The molecule has 0 aliphatic carbocycles. The van der Waals surface area contributed by atoms with Gasteiger partial charge >= 0.3 is 12.1 Å². The predicted molar refractivity (Wildman–Crippen MR) is 193 cm³/mol. The van der Waals surface area contributed by atoms with E-state index >= 15 is 0 Å². The fraction of sp³-hybridized carbons (Fsp3) is 0.700. The van der Waals surface area contributed by atoms with Gasteiger partial charge in [0, 0.05) is 30.2 Å². The number of hydrogen-bond donors (Lipinski definition) is 2. The summed E-state index contributed by atoms with van der Waals surface area (Å²) >= 11 is 0. The SMILES string of the molecule is CC[C@H]1OC(=O)[C@H](C)C(=O)[C@H](C)[C@@H](O[C@@H]2O[C@H](C)C[C@H](N(C)C)[C@H]2O)[C@](C)(OCC#CCc2ccccc2)C[C@@H](C)C(=O)[C@H](C)[C@H]2NC(=O)O[C@@]21C. The molecular formula is C40H58N2O10. The summed E-state index contributed by atoms with van der Waals surface area (Å²) < 4.78 is 31.1. The topological polar surface area (TPSA) is 150 Å². The monoisotopic (exact) mass is 726 g/mol. The molecule has 0 saturated carbocycles. The van der Waals surface area contributed by atoms with Gasteiger partial charge < -0.3 is 39.0 Å². The second-order valence-corrected chi connectivity index (χ2v) is 15.5. The number of fused-ring (bicyclic) bond motifs is 1. The Morgan fingerprint density at radius 3 is 2.29 bits per heavy atom. The third-order valence-corrected chi connectivity index (χ3v) is 11.2. The van der Waals surface area contributed by atoms with E-state index in [1.165, 1.54) is 6.92 Å². The summed E-state index contributed by atoms with van der Waals surface area (Å²) in [5.74, 6) is 1.11. The smallest absolute Gasteiger partial charge is 0.408 e. The number of likely N-dealkylation sites (N-methyl/N-ethyl adjacent to an activating group) is 1. The quantitative estimate of drug-likeness (QED) is 0.238. The van der Waals surface area contributed by atoms with E-state index in [-0.39, 0.29) is 37.4 Å². The zero-order valence-corrected chi connectivity index (χ0v) is 32.3. The van der Waals surface area contributed by atoms with Gasteiger partial charge in [-0.2, -0.15) is 0 Å². The highest BCUT2D eigenvalue weighted by Gasteiger charge is 2.57. The van der Waals surface area contributed by atoms with Crippen LogP contribution in [0.15, 0.2) is 30.3 Å². The molecule has 2 N–H and O–H groups in total. The number of ketones is 2. The van der Waals surface area contributed by atoms with Crippen LogP contribution in [-0.4, -0.2) is 108 Å². The number of nitrogens with one attached hydrogen (secondary N) is 1. The Hall–Kier alpha value is -3.34. The molecule has 1 aromatic rings. The Balaban J connectivity index is 1.78. The van der Waals surface area contributed by atoms with Crippen molar-refractivity contribution in [2.24, 2.45) is 23.7 Å². The molecule has 3 heterocycles. The van der Waals surface area contributed by atoms with Crippen LogP contribution in [0.4, 0.5) is 4.79 Å². The Bertz CT molecular complexity index is 1490. The molecule has 0 unspecified atom stereocenters. The zero-order chi connectivity index (χ0) is 38.5. The van der Waals surface area contributed by atoms with Gasteiger partial charge in [-0.1, -0.05) is 69.9 Å². The fourth-order valence-corrected chi connectivity index (χ4v) is 8.14. The Kier molecular flexibility index (Phi) is 13.7. The normalized spacial score (nSPS) is 39.0. The summed E-state index contributed by atoms with van der Waals surface area (Å²) in [6, 6.07) is 8.67. The number of hydrogen-bond acceptors (Lipinski definition) is 11. The molecule has 1 aromatic carbocycles. The standard InChI is InChI=1S/C40H58N2O10/c1-11-30-40(8)34(41-38(47)52-40)25(4)31(43)23(2)22-39(7,48-20-16-15-19-28-17-13-12-14-18-28)35(26(5)32(44)27(6)36(46)50-30)51-37-33(45)29(42(9)10)21-24(3)49-37/h12-14,17-18,23-27,29-30,33-35,37,45H,11,19-22H2,1-10H3,(H,41,47)/t23-,24-,25+,26+,27-,29+,30-,33-,34-,35-,37+,39-,40-/m1/s1. The van der Waals surface area contributed by atoms with Crippen LogP contribution in [0, 0.1) is 35.5 Å². The maximum atomic E-state index is 14.3. The van der Waals surface area contributed by atoms with E-state index in [0.717, 1.165) is 5.56 Å². The maximum Gasteiger partial charge on any atom is 0.408 e. The minimum atomic E-state index is -1.37. The summed E-state index contributed by atoms with van der Waals surface area (Å²) in [5, 5.41) is 14.3. The van der Waals surface area contributed by atoms with Gasteiger partial charge in [0.25, 0.3) is 0 Å². The van der Waals surface area contributed by atoms with Gasteiger partial charge in [0.2, 0.25) is 0 Å². The number of carbonyl (C=O) groups excluding carboxylic acids is 4. The molecule has 3 aliphatic heterocycles. The predicted octanol–water partition coefficient (Wildman–Crippen LogP) is 4.09. The second-order valence-electron chi connectivity index (χ2n) is 15.5. The molecule has 4 rings (SSSR count). The van der Waals surface area contributed by atoms with E-state index < -0.39 is 83.4 Å². The first kappa shape index (κ1) is 41.4. The molecule has 1 amide bonds. The van der Waals surface area contributed by atoms with Crippen LogP contribution < -0.4 is 5.32 Å². The molecule has 52 heavy (non-hydrogen) atoms. The van der Waals surface area contributed by atoms with Crippen LogP contribution in [0.25, 0.3) is 0 Å². The van der Waals surface area contributed by atoms with E-state index in [2.05, 4.69) is 17.2 Å². The van der Waals surface area contributed by atoms with E-state index in [1.54, 1.807) is 41.5 Å². The van der Waals surface area contributed by atoms with Gasteiger partial charge in [0.1, 0.15) is 30.5 Å². The van der Waals surface area contributed by atoms with Gasteiger partial charge in [0.05, 0.1) is 23.9 Å². The first-order chi connectivity index (χ1) is 24.4. The van der Waals surface area contributed by atoms with Crippen LogP contribution in [0.3, 0.4) is 0 Å². The van der Waals surface area contributed by atoms with E-state index in [4.69, 9.17) is 23.7 Å². The number of amides is 1. The second kappa shape index (κ2) is 17.2. The van der Waals surface area contributed by atoms with Crippen LogP contribution in [-0.2, 0) is 44.5 Å². The molecule has 3 fully saturated rings. The van der Waals surface area contributed by atoms with Gasteiger partial charge in [0.15, 0.2) is 17.7 Å². The lowest BCUT2D eigenvalue weighted by Crippen LogP contribution is -2.60. The van der Waals surface area contributed by atoms with Crippen molar-refractivity contribution < 1.29 is 48.0 Å². The largest absolute Gasteiger partial charge is 0.458 e. The van der Waals surface area contributed by atoms with Crippen LogP contribution in [0.2, 0.25) is 0 Å². The Morgan fingerprint density at radius 2 is 1.65 bits per heavy atom. The molecule has 288 valence electrons. The summed E-state index contributed by atoms with van der Waals surface area (Å²) in [4.78, 5) is 57.0. The number of cyclic esters (lactones) is 1. The molecule has 13 atom stereocenters. The van der Waals surface area contributed by atoms with E-state index in [0.29, 0.717) is 12.8 Å². The number of ether oxygens (including phenoxy) is 5. The number of Topliss-reactive ketones (excluding diaryl/α,β-unsaturated/α-hetero) is 2. The molecule has 0 radical (unpaired) electrons. The maximum absolute atomic E-state index is 14.3. The van der Waals surface area contributed by atoms with Gasteiger partial charge in [-0.3, -0.25) is 14.4 Å². The number of esters is 1. The minimum Gasteiger partial charge on any atom is -0.458 e. The van der Waals surface area contributed by atoms with Crippen molar-refractivity contribution in [1.82, 2.24) is 10.2 Å². The van der Waals surface area contributed by atoms with E-state index in [9.17, 15) is 24.3 Å². The summed E-state index contributed by atoms with van der Waals surface area (Å²) in [6.07, 6.45) is -3.85.